The van der Waals surface area contributed by atoms with Gasteiger partial charge in [0.2, 0.25) is 0 Å². The van der Waals surface area contributed by atoms with Gasteiger partial charge in [0.05, 0.1) is 7.11 Å². The van der Waals surface area contributed by atoms with Gasteiger partial charge >= 0.3 is 7.72 Å². The van der Waals surface area contributed by atoms with Gasteiger partial charge in [-0.1, -0.05) is 18.2 Å². The smallest absolute Gasteiger partial charge is 0.199 e. The second-order valence-corrected chi connectivity index (χ2v) is 6.68. The highest BCUT2D eigenvalue weighted by Crippen LogP contribution is 2.66. The van der Waals surface area contributed by atoms with E-state index in [2.05, 4.69) is 24.0 Å². The van der Waals surface area contributed by atoms with Crippen molar-refractivity contribution in [3.63, 3.8) is 0 Å². The Balaban J connectivity index is 2.38. The molecule has 0 spiro atoms. The summed E-state index contributed by atoms with van der Waals surface area (Å²) in [5.74, 6) is 2.09. The van der Waals surface area contributed by atoms with Crippen molar-refractivity contribution in [2.24, 2.45) is 0 Å². The van der Waals surface area contributed by atoms with Gasteiger partial charge in [0, 0.05) is 0 Å². The minimum atomic E-state index is -1.98. The molecule has 1 aliphatic heterocycles. The van der Waals surface area contributed by atoms with E-state index in [1.54, 1.807) is 7.11 Å². The third-order valence-corrected chi connectivity index (χ3v) is 5.27. The lowest BCUT2D eigenvalue weighted by molar-refractivity contribution is 0.162. The molecule has 2 nitrogen and oxygen atoms in total. The summed E-state index contributed by atoms with van der Waals surface area (Å²) in [4.78, 5) is 0. The molecule has 0 amide bonds. The first kappa shape index (κ1) is 10.8. The van der Waals surface area contributed by atoms with Crippen LogP contribution >= 0.6 is 7.72 Å². The molecular weight excluding hydrogens is 207 g/mol. The van der Waals surface area contributed by atoms with Crippen LogP contribution in [0.25, 0.3) is 0 Å². The van der Waals surface area contributed by atoms with Crippen molar-refractivity contribution in [2.45, 2.75) is 19.4 Å². The topological polar surface area (TPSA) is 18.5 Å². The van der Waals surface area contributed by atoms with E-state index in [4.69, 9.17) is 9.05 Å². The van der Waals surface area contributed by atoms with Crippen LogP contribution in [0.2, 0.25) is 0 Å². The summed E-state index contributed by atoms with van der Waals surface area (Å²) in [5.41, 5.74) is -0.223. The van der Waals surface area contributed by atoms with Crippen LogP contribution in [-0.4, -0.2) is 12.7 Å². The Morgan fingerprint density at radius 2 is 1.87 bits per heavy atom. The molecule has 0 bridgehead atoms. The molecule has 3 heteroatoms. The van der Waals surface area contributed by atoms with E-state index in [1.165, 1.54) is 0 Å². The summed E-state index contributed by atoms with van der Waals surface area (Å²) in [6, 6.07) is 10.1. The van der Waals surface area contributed by atoms with Crippen molar-refractivity contribution in [3.8, 4) is 0 Å². The molecule has 1 atom stereocenters. The third-order valence-electron chi connectivity index (χ3n) is 2.43. The zero-order valence-corrected chi connectivity index (χ0v) is 10.2. The van der Waals surface area contributed by atoms with Crippen LogP contribution in [0, 0.1) is 0 Å². The lowest BCUT2D eigenvalue weighted by atomic mass is 10.1. The molecule has 1 unspecified atom stereocenters. The molecule has 0 aliphatic carbocycles. The monoisotopic (exact) mass is 223 g/mol. The van der Waals surface area contributed by atoms with Crippen molar-refractivity contribution < 1.29 is 9.05 Å². The van der Waals surface area contributed by atoms with Crippen molar-refractivity contribution in [1.29, 1.82) is 0 Å². The molecule has 1 aliphatic rings. The van der Waals surface area contributed by atoms with Gasteiger partial charge < -0.3 is 0 Å². The Kier molecular flexibility index (Phi) is 2.68. The fourth-order valence-corrected chi connectivity index (χ4v) is 4.31. The summed E-state index contributed by atoms with van der Waals surface area (Å²) in [5, 5.41) is 1.13. The van der Waals surface area contributed by atoms with E-state index in [1.807, 2.05) is 32.0 Å². The van der Waals surface area contributed by atoms with Crippen molar-refractivity contribution >= 4 is 13.0 Å². The van der Waals surface area contributed by atoms with Crippen LogP contribution in [0.4, 0.5) is 0 Å². The highest BCUT2D eigenvalue weighted by Gasteiger charge is 2.51. The van der Waals surface area contributed by atoms with Crippen LogP contribution in [0.5, 0.6) is 0 Å². The van der Waals surface area contributed by atoms with Crippen LogP contribution < -0.4 is 5.30 Å². The molecule has 0 N–H and O–H groups in total. The Hall–Kier alpha value is -0.690. The van der Waals surface area contributed by atoms with E-state index in [0.717, 1.165) is 5.30 Å². The summed E-state index contributed by atoms with van der Waals surface area (Å²) in [6.45, 7) is 4.10. The van der Waals surface area contributed by atoms with Gasteiger partial charge in [0.1, 0.15) is 11.4 Å². The molecule has 1 aromatic carbocycles. The normalized spacial score (nSPS) is 28.2. The molecule has 1 aromatic rings. The first-order chi connectivity index (χ1) is 7.08. The summed E-state index contributed by atoms with van der Waals surface area (Å²) in [6.07, 6.45) is 2.08. The number of rotatable bonds is 2. The van der Waals surface area contributed by atoms with Gasteiger partial charge in [-0.2, -0.15) is 9.05 Å². The van der Waals surface area contributed by atoms with Crippen molar-refractivity contribution in [1.82, 2.24) is 0 Å². The molecule has 0 aromatic heterocycles. The minimum Gasteiger partial charge on any atom is -0.199 e. The summed E-state index contributed by atoms with van der Waals surface area (Å²) < 4.78 is 11.7. The molecular formula is C12H16O2P+. The largest absolute Gasteiger partial charge is 0.332 e. The van der Waals surface area contributed by atoms with Crippen molar-refractivity contribution in [2.75, 3.05) is 7.11 Å². The first-order valence-electron chi connectivity index (χ1n) is 4.99. The molecule has 0 saturated heterocycles. The molecule has 0 saturated carbocycles. The lowest BCUT2D eigenvalue weighted by Gasteiger charge is -2.20. The van der Waals surface area contributed by atoms with Gasteiger partial charge in [0.15, 0.2) is 5.30 Å². The molecule has 2 rings (SSSR count). The fourth-order valence-electron chi connectivity index (χ4n) is 1.67. The van der Waals surface area contributed by atoms with Gasteiger partial charge in [0.25, 0.3) is 0 Å². The highest BCUT2D eigenvalue weighted by atomic mass is 31.2. The highest BCUT2D eigenvalue weighted by molar-refractivity contribution is 7.77. The van der Waals surface area contributed by atoms with E-state index in [9.17, 15) is 0 Å². The van der Waals surface area contributed by atoms with Gasteiger partial charge in [-0.3, -0.25) is 0 Å². The summed E-state index contributed by atoms with van der Waals surface area (Å²) >= 11 is 0. The minimum absolute atomic E-state index is 0.223. The number of benzene rings is 1. The predicted molar refractivity (Wildman–Crippen MR) is 64.3 cm³/mol. The zero-order valence-electron chi connectivity index (χ0n) is 9.31. The number of hydrogen-bond acceptors (Lipinski definition) is 2. The molecule has 0 radical (unpaired) electrons. The Morgan fingerprint density at radius 3 is 2.33 bits per heavy atom. The average molecular weight is 223 g/mol. The van der Waals surface area contributed by atoms with Gasteiger partial charge in [-0.05, 0) is 32.1 Å². The fraction of sp³-hybridized carbons (Fsp3) is 0.333. The Morgan fingerprint density at radius 1 is 1.20 bits per heavy atom. The maximum absolute atomic E-state index is 6.05. The third kappa shape index (κ3) is 1.98. The SMILES string of the molecule is CO[P+]1(c2ccccc2)C=CC(C)(C)O1. The summed E-state index contributed by atoms with van der Waals surface area (Å²) in [7, 11) is -0.267. The van der Waals surface area contributed by atoms with Gasteiger partial charge in [-0.15, -0.1) is 0 Å². The standard InChI is InChI=1S/C12H16O2P/c1-12(2)9-10-15(13-3,14-12)11-7-5-4-6-8-11/h4-10H,1-3H3/q+1. The zero-order chi connectivity index (χ0) is 10.9. The molecule has 1 heterocycles. The van der Waals surface area contributed by atoms with Crippen LogP contribution in [0.3, 0.4) is 0 Å². The second kappa shape index (κ2) is 3.71. The second-order valence-electron chi connectivity index (χ2n) is 4.13. The van der Waals surface area contributed by atoms with E-state index >= 15 is 0 Å². The quantitative estimate of drug-likeness (QED) is 0.717. The van der Waals surface area contributed by atoms with E-state index < -0.39 is 7.72 Å². The molecule has 15 heavy (non-hydrogen) atoms. The maximum atomic E-state index is 6.05. The lowest BCUT2D eigenvalue weighted by Crippen LogP contribution is -2.20. The van der Waals surface area contributed by atoms with E-state index in [-0.39, 0.29) is 5.60 Å². The van der Waals surface area contributed by atoms with Crippen LogP contribution in [-0.2, 0) is 9.05 Å². The average Bonchev–Trinajstić information content (AvgIpc) is 2.57. The van der Waals surface area contributed by atoms with Gasteiger partial charge in [-0.25, -0.2) is 0 Å². The van der Waals surface area contributed by atoms with Crippen molar-refractivity contribution in [3.05, 3.63) is 42.2 Å². The first-order valence-corrected chi connectivity index (χ1v) is 6.69. The Labute approximate surface area is 91.4 Å². The molecule has 80 valence electrons. The van der Waals surface area contributed by atoms with Crippen LogP contribution in [0.1, 0.15) is 13.8 Å². The van der Waals surface area contributed by atoms with E-state index in [0.29, 0.717) is 0 Å². The number of hydrogen-bond donors (Lipinski definition) is 0. The maximum Gasteiger partial charge on any atom is 0.332 e. The predicted octanol–water partition coefficient (Wildman–Crippen LogP) is 3.13. The molecule has 0 fully saturated rings. The Bertz CT molecular complexity index is 372. The van der Waals surface area contributed by atoms with Crippen LogP contribution in [0.15, 0.2) is 42.2 Å².